The Morgan fingerprint density at radius 3 is 2.81 bits per heavy atom. The molecule has 4 aromatic heterocycles. The van der Waals surface area contributed by atoms with E-state index in [1.807, 2.05) is 37.5 Å². The summed E-state index contributed by atoms with van der Waals surface area (Å²) in [4.78, 5) is 13.7. The van der Waals surface area contributed by atoms with Crippen LogP contribution in [0.25, 0.3) is 38.4 Å². The van der Waals surface area contributed by atoms with Gasteiger partial charge in [-0.3, -0.25) is 23.8 Å². The quantitative estimate of drug-likeness (QED) is 0.447. The highest BCUT2D eigenvalue weighted by Crippen LogP contribution is 2.31. The Labute approximate surface area is 184 Å². The number of hydrogen-bond acceptors (Lipinski definition) is 4. The molecule has 0 bridgehead atoms. The summed E-state index contributed by atoms with van der Waals surface area (Å²) in [7, 11) is 1.83. The molecule has 0 fully saturated rings. The summed E-state index contributed by atoms with van der Waals surface area (Å²) in [6.45, 7) is 0.379. The van der Waals surface area contributed by atoms with Crippen LogP contribution in [0.1, 0.15) is 5.69 Å². The number of aromatic nitrogens is 7. The zero-order valence-electron chi connectivity index (χ0n) is 16.8. The number of aryl methyl sites for hydroxylation is 1. The van der Waals surface area contributed by atoms with Crippen LogP contribution in [0.15, 0.2) is 59.8 Å². The van der Waals surface area contributed by atoms with Crippen molar-refractivity contribution < 1.29 is 4.39 Å². The third-order valence-corrected chi connectivity index (χ3v) is 5.82. The van der Waals surface area contributed by atoms with Crippen LogP contribution >= 0.6 is 11.6 Å². The SMILES string of the molecule is Cn1ccc(Cn2cc3c(n2)c(=O)n(-c2cccc4[nH]ncc24)c2cc(Cl)c(F)cc32)n1. The van der Waals surface area contributed by atoms with Gasteiger partial charge in [-0.1, -0.05) is 17.7 Å². The Morgan fingerprint density at radius 1 is 1.12 bits per heavy atom. The molecule has 4 heterocycles. The minimum Gasteiger partial charge on any atom is -0.278 e. The normalized spacial score (nSPS) is 11.8. The van der Waals surface area contributed by atoms with E-state index < -0.39 is 5.82 Å². The molecule has 0 aliphatic heterocycles. The first-order chi connectivity index (χ1) is 15.5. The van der Waals surface area contributed by atoms with E-state index in [1.54, 1.807) is 21.8 Å². The summed E-state index contributed by atoms with van der Waals surface area (Å²) in [6, 6.07) is 10.2. The molecule has 0 aliphatic rings. The Morgan fingerprint density at radius 2 is 2.00 bits per heavy atom. The molecule has 8 nitrogen and oxygen atoms in total. The van der Waals surface area contributed by atoms with Gasteiger partial charge in [-0.25, -0.2) is 4.39 Å². The van der Waals surface area contributed by atoms with Crippen molar-refractivity contribution in [1.82, 2.24) is 34.3 Å². The summed E-state index contributed by atoms with van der Waals surface area (Å²) >= 11 is 6.12. The molecule has 2 aromatic carbocycles. The van der Waals surface area contributed by atoms with E-state index in [0.29, 0.717) is 28.5 Å². The van der Waals surface area contributed by atoms with E-state index in [0.717, 1.165) is 16.6 Å². The van der Waals surface area contributed by atoms with Gasteiger partial charge in [0, 0.05) is 35.6 Å². The summed E-state index contributed by atoms with van der Waals surface area (Å²) < 4.78 is 19.3. The minimum absolute atomic E-state index is 0.0646. The molecule has 0 spiro atoms. The van der Waals surface area contributed by atoms with E-state index in [1.165, 1.54) is 16.7 Å². The van der Waals surface area contributed by atoms with Gasteiger partial charge in [0.2, 0.25) is 0 Å². The lowest BCUT2D eigenvalue weighted by atomic mass is 10.1. The molecule has 32 heavy (non-hydrogen) atoms. The van der Waals surface area contributed by atoms with Crippen molar-refractivity contribution in [3.8, 4) is 5.69 Å². The third-order valence-electron chi connectivity index (χ3n) is 5.53. The number of pyridine rings is 1. The number of hydrogen-bond donors (Lipinski definition) is 1. The Bertz CT molecular complexity index is 1730. The van der Waals surface area contributed by atoms with E-state index >= 15 is 0 Å². The van der Waals surface area contributed by atoms with E-state index in [-0.39, 0.29) is 16.1 Å². The van der Waals surface area contributed by atoms with Crippen molar-refractivity contribution in [2.75, 3.05) is 0 Å². The Kier molecular flexibility index (Phi) is 3.96. The number of aromatic amines is 1. The molecule has 0 atom stereocenters. The first-order valence-corrected chi connectivity index (χ1v) is 10.2. The maximum Gasteiger partial charge on any atom is 0.284 e. The number of fused-ring (bicyclic) bond motifs is 4. The molecular formula is C22H15ClFN7O. The summed E-state index contributed by atoms with van der Waals surface area (Å²) in [5.41, 5.74) is 2.56. The molecule has 0 unspecified atom stereocenters. The van der Waals surface area contributed by atoms with Crippen LogP contribution in [0.4, 0.5) is 4.39 Å². The van der Waals surface area contributed by atoms with Crippen LogP contribution in [0, 0.1) is 5.82 Å². The van der Waals surface area contributed by atoms with E-state index in [4.69, 9.17) is 11.6 Å². The minimum atomic E-state index is -0.565. The average Bonchev–Trinajstić information content (AvgIpc) is 3.50. The van der Waals surface area contributed by atoms with Gasteiger partial charge in [0.1, 0.15) is 5.82 Å². The fourth-order valence-electron chi connectivity index (χ4n) is 4.11. The number of benzene rings is 2. The summed E-state index contributed by atoms with van der Waals surface area (Å²) in [5, 5.41) is 17.7. The van der Waals surface area contributed by atoms with Crippen LogP contribution < -0.4 is 5.56 Å². The topological polar surface area (TPSA) is 86.3 Å². The van der Waals surface area contributed by atoms with Crippen molar-refractivity contribution in [3.63, 3.8) is 0 Å². The maximum atomic E-state index is 14.5. The number of rotatable bonds is 3. The van der Waals surface area contributed by atoms with Crippen LogP contribution in [0.5, 0.6) is 0 Å². The van der Waals surface area contributed by atoms with Gasteiger partial charge in [-0.05, 0) is 30.3 Å². The highest BCUT2D eigenvalue weighted by Gasteiger charge is 2.19. The van der Waals surface area contributed by atoms with Gasteiger partial charge in [0.15, 0.2) is 5.52 Å². The molecule has 0 saturated carbocycles. The molecule has 6 rings (SSSR count). The van der Waals surface area contributed by atoms with Crippen LogP contribution in [0.2, 0.25) is 5.02 Å². The van der Waals surface area contributed by atoms with Crippen LogP contribution in [0.3, 0.4) is 0 Å². The number of nitrogens with zero attached hydrogens (tertiary/aromatic N) is 6. The number of halogens is 2. The summed E-state index contributed by atoms with van der Waals surface area (Å²) in [6.07, 6.45) is 5.23. The zero-order valence-corrected chi connectivity index (χ0v) is 17.5. The number of nitrogens with one attached hydrogen (secondary N) is 1. The first-order valence-electron chi connectivity index (χ1n) is 9.81. The Hall–Kier alpha value is -3.98. The fourth-order valence-corrected chi connectivity index (χ4v) is 4.27. The van der Waals surface area contributed by atoms with E-state index in [2.05, 4.69) is 20.4 Å². The molecular weight excluding hydrogens is 433 g/mol. The monoisotopic (exact) mass is 447 g/mol. The summed E-state index contributed by atoms with van der Waals surface area (Å²) in [5.74, 6) is -0.565. The molecule has 1 N–H and O–H groups in total. The molecule has 6 aromatic rings. The standard InChI is InChI=1S/C22H15ClFN7O/c1-29-6-5-12(27-29)10-30-11-15-13-7-17(24)16(23)8-20(13)31(22(32)21(15)28-30)19-4-2-3-18-14(19)9-25-26-18/h2-9,11H,10H2,1H3,(H,25,26). The van der Waals surface area contributed by atoms with Gasteiger partial charge in [-0.2, -0.15) is 15.3 Å². The molecule has 0 amide bonds. The van der Waals surface area contributed by atoms with Crippen molar-refractivity contribution in [1.29, 1.82) is 0 Å². The van der Waals surface area contributed by atoms with Crippen molar-refractivity contribution in [3.05, 3.63) is 81.9 Å². The zero-order chi connectivity index (χ0) is 22.0. The lowest BCUT2D eigenvalue weighted by Crippen LogP contribution is -2.20. The first kappa shape index (κ1) is 18.8. The smallest absolute Gasteiger partial charge is 0.278 e. The maximum absolute atomic E-state index is 14.5. The van der Waals surface area contributed by atoms with Gasteiger partial charge in [-0.15, -0.1) is 0 Å². The highest BCUT2D eigenvalue weighted by atomic mass is 35.5. The van der Waals surface area contributed by atoms with Gasteiger partial charge < -0.3 is 0 Å². The van der Waals surface area contributed by atoms with Crippen molar-refractivity contribution >= 4 is 44.3 Å². The molecule has 0 radical (unpaired) electrons. The van der Waals surface area contributed by atoms with Crippen LogP contribution in [-0.4, -0.2) is 34.3 Å². The molecule has 158 valence electrons. The molecule has 0 saturated heterocycles. The average molecular weight is 448 g/mol. The van der Waals surface area contributed by atoms with Crippen LogP contribution in [-0.2, 0) is 13.6 Å². The van der Waals surface area contributed by atoms with Gasteiger partial charge >= 0.3 is 0 Å². The second-order valence-electron chi connectivity index (χ2n) is 7.60. The van der Waals surface area contributed by atoms with Crippen molar-refractivity contribution in [2.45, 2.75) is 6.54 Å². The van der Waals surface area contributed by atoms with E-state index in [9.17, 15) is 9.18 Å². The predicted molar refractivity (Wildman–Crippen MR) is 120 cm³/mol. The Balaban J connectivity index is 1.70. The largest absolute Gasteiger partial charge is 0.284 e. The van der Waals surface area contributed by atoms with Crippen molar-refractivity contribution in [2.24, 2.45) is 7.05 Å². The lowest BCUT2D eigenvalue weighted by Gasteiger charge is -2.12. The third kappa shape index (κ3) is 2.75. The lowest BCUT2D eigenvalue weighted by molar-refractivity contribution is 0.630. The second-order valence-corrected chi connectivity index (χ2v) is 8.01. The highest BCUT2D eigenvalue weighted by molar-refractivity contribution is 6.31. The fraction of sp³-hybridized carbons (Fsp3) is 0.0909. The predicted octanol–water partition coefficient (Wildman–Crippen LogP) is 3.79. The van der Waals surface area contributed by atoms with Gasteiger partial charge in [0.05, 0.1) is 40.2 Å². The number of H-pyrrole nitrogens is 1. The molecule has 10 heteroatoms. The second kappa shape index (κ2) is 6.76. The molecule has 0 aliphatic carbocycles. The van der Waals surface area contributed by atoms with Gasteiger partial charge in [0.25, 0.3) is 5.56 Å².